The van der Waals surface area contributed by atoms with Crippen LogP contribution in [0.5, 0.6) is 0 Å². The third-order valence-corrected chi connectivity index (χ3v) is 10.7. The first-order chi connectivity index (χ1) is 20.3. The van der Waals surface area contributed by atoms with Crippen LogP contribution >= 0.6 is 12.2 Å². The first-order valence-electron chi connectivity index (χ1n) is 13.9. The zero-order valence-electron chi connectivity index (χ0n) is 23.5. The number of allylic oxidation sites excluding steroid dienone is 4. The summed E-state index contributed by atoms with van der Waals surface area (Å²) in [6.45, 7) is 3.03. The monoisotopic (exact) mass is 639 g/mol. The fraction of sp³-hybridized carbons (Fsp3) is 0.433. The third-order valence-electron chi connectivity index (χ3n) is 8.28. The lowest BCUT2D eigenvalue weighted by Gasteiger charge is -2.46. The molecule has 0 bridgehead atoms. The van der Waals surface area contributed by atoms with Crippen LogP contribution in [0.4, 0.5) is 23.2 Å². The second-order valence-corrected chi connectivity index (χ2v) is 13.4. The van der Waals surface area contributed by atoms with Crippen LogP contribution < -0.4 is 4.90 Å². The zero-order chi connectivity index (χ0) is 31.0. The largest absolute Gasteiger partial charge is 0.421 e. The molecule has 2 aromatic carbocycles. The minimum atomic E-state index is -4.85. The molecule has 2 heterocycles. The third kappa shape index (κ3) is 6.57. The highest BCUT2D eigenvalue weighted by molar-refractivity contribution is 7.96. The molecule has 0 radical (unpaired) electrons. The van der Waals surface area contributed by atoms with E-state index in [1.807, 2.05) is 4.90 Å². The van der Waals surface area contributed by atoms with Crippen molar-refractivity contribution in [2.75, 3.05) is 50.8 Å². The Balaban J connectivity index is 1.46. The van der Waals surface area contributed by atoms with Gasteiger partial charge < -0.3 is 14.7 Å². The number of ether oxygens (including phenoxy) is 1. The number of piperazine rings is 1. The summed E-state index contributed by atoms with van der Waals surface area (Å²) in [5.41, 5.74) is -1.85. The van der Waals surface area contributed by atoms with Gasteiger partial charge in [0.15, 0.2) is 5.60 Å². The Bertz CT molecular complexity index is 1490. The van der Waals surface area contributed by atoms with Crippen LogP contribution in [0.3, 0.4) is 0 Å². The first-order valence-corrected chi connectivity index (χ1v) is 15.8. The average molecular weight is 640 g/mol. The molecule has 2 saturated heterocycles. The number of benzene rings is 2. The van der Waals surface area contributed by atoms with E-state index in [4.69, 9.17) is 17.0 Å². The Morgan fingerprint density at radius 3 is 2.40 bits per heavy atom. The lowest BCUT2D eigenvalue weighted by Crippen LogP contribution is -2.59. The number of hydrogen-bond donors (Lipinski definition) is 1. The minimum Gasteiger partial charge on any atom is -0.378 e. The Kier molecular flexibility index (Phi) is 9.13. The summed E-state index contributed by atoms with van der Waals surface area (Å²) in [5.74, 6) is -0.357. The van der Waals surface area contributed by atoms with Crippen LogP contribution in [0.15, 0.2) is 71.7 Å². The van der Waals surface area contributed by atoms with E-state index in [9.17, 15) is 31.1 Å². The first kappa shape index (κ1) is 31.7. The van der Waals surface area contributed by atoms with Crippen molar-refractivity contribution in [1.29, 1.82) is 0 Å². The normalized spacial score (nSPS) is 24.1. The van der Waals surface area contributed by atoms with Gasteiger partial charge in [0.25, 0.3) is 0 Å². The molecular formula is C30H33F4N3O4S2. The fourth-order valence-corrected chi connectivity index (χ4v) is 7.76. The van der Waals surface area contributed by atoms with Crippen LogP contribution in [0.1, 0.15) is 30.5 Å². The summed E-state index contributed by atoms with van der Waals surface area (Å²) >= 11 is 5.37. The fourth-order valence-electron chi connectivity index (χ4n) is 5.69. The maximum Gasteiger partial charge on any atom is 0.421 e. The Labute approximate surface area is 254 Å². The predicted octanol–water partition coefficient (Wildman–Crippen LogP) is 4.70. The highest BCUT2D eigenvalue weighted by Gasteiger charge is 2.51. The van der Waals surface area contributed by atoms with Crippen LogP contribution in [0.2, 0.25) is 0 Å². The minimum absolute atomic E-state index is 0.103. The topological polar surface area (TPSA) is 73.3 Å². The molecule has 0 amide bonds. The Morgan fingerprint density at radius 2 is 1.74 bits per heavy atom. The van der Waals surface area contributed by atoms with Gasteiger partial charge >= 0.3 is 6.18 Å². The SMILES string of the molecule is C[C@](O)(c1ccc(N2CCN(S(=O)(=O)C3=CC=CCC3=S)C[C@@H]2CN2CCOC[C@@H]2c2ccc(F)cc2)cc1)C(F)(F)F. The van der Waals surface area contributed by atoms with Gasteiger partial charge in [-0.2, -0.15) is 17.5 Å². The highest BCUT2D eigenvalue weighted by Crippen LogP contribution is 2.39. The zero-order valence-corrected chi connectivity index (χ0v) is 25.1. The molecule has 3 atom stereocenters. The molecule has 5 rings (SSSR count). The molecule has 0 aromatic heterocycles. The summed E-state index contributed by atoms with van der Waals surface area (Å²) < 4.78 is 88.6. The molecular weight excluding hydrogens is 606 g/mol. The number of morpholine rings is 1. The van der Waals surface area contributed by atoms with Crippen LogP contribution in [0, 0.1) is 5.82 Å². The van der Waals surface area contributed by atoms with Gasteiger partial charge in [-0.25, -0.2) is 12.8 Å². The van der Waals surface area contributed by atoms with Crippen molar-refractivity contribution < 1.29 is 35.8 Å². The Hall–Kier alpha value is -2.68. The maximum atomic E-state index is 13.7. The van der Waals surface area contributed by atoms with E-state index in [1.165, 1.54) is 46.8 Å². The van der Waals surface area contributed by atoms with E-state index in [0.717, 1.165) is 5.56 Å². The summed E-state index contributed by atoms with van der Waals surface area (Å²) in [4.78, 5) is 4.61. The lowest BCUT2D eigenvalue weighted by molar-refractivity contribution is -0.258. The number of sulfonamides is 1. The molecule has 0 unspecified atom stereocenters. The Morgan fingerprint density at radius 1 is 1.05 bits per heavy atom. The second-order valence-electron chi connectivity index (χ2n) is 11.1. The van der Waals surface area contributed by atoms with Crippen molar-refractivity contribution in [3.8, 4) is 0 Å². The second kappa shape index (κ2) is 12.4. The summed E-state index contributed by atoms with van der Waals surface area (Å²) in [6.07, 6.45) is 0.502. The van der Waals surface area contributed by atoms with Gasteiger partial charge in [0, 0.05) is 49.7 Å². The van der Waals surface area contributed by atoms with Gasteiger partial charge in [-0.15, -0.1) is 0 Å². The molecule has 0 saturated carbocycles. The van der Waals surface area contributed by atoms with Crippen molar-refractivity contribution in [1.82, 2.24) is 9.21 Å². The number of anilines is 1. The molecule has 3 aliphatic rings. The van der Waals surface area contributed by atoms with Gasteiger partial charge in [0.2, 0.25) is 10.0 Å². The van der Waals surface area contributed by atoms with Crippen LogP contribution in [0.25, 0.3) is 0 Å². The molecule has 0 spiro atoms. The van der Waals surface area contributed by atoms with E-state index in [-0.39, 0.29) is 42.0 Å². The van der Waals surface area contributed by atoms with Crippen LogP contribution in [-0.4, -0.2) is 85.7 Å². The molecule has 2 aliphatic heterocycles. The number of rotatable bonds is 7. The standard InChI is InChI=1S/C30H33F4N3O4S2/c1-29(38,30(32,33)34)22-8-12-24(13-9-22)37-15-14-36(43(39,40)28-5-3-2-4-27(28)42)19-25(37)18-35-16-17-41-20-26(35)21-6-10-23(31)11-7-21/h2-3,5-13,25-26,38H,4,14-20H2,1H3/t25-,26+,29-/m0/s1. The molecule has 1 N–H and O–H groups in total. The summed E-state index contributed by atoms with van der Waals surface area (Å²) in [6, 6.07) is 11.1. The van der Waals surface area contributed by atoms with E-state index in [2.05, 4.69) is 4.90 Å². The van der Waals surface area contributed by atoms with Crippen LogP contribution in [-0.2, 0) is 20.4 Å². The van der Waals surface area contributed by atoms with Gasteiger partial charge in [-0.05, 0) is 48.4 Å². The van der Waals surface area contributed by atoms with Gasteiger partial charge in [-0.3, -0.25) is 4.90 Å². The summed E-state index contributed by atoms with van der Waals surface area (Å²) in [7, 11) is -3.89. The van der Waals surface area contributed by atoms with E-state index in [1.54, 1.807) is 24.3 Å². The van der Waals surface area contributed by atoms with E-state index >= 15 is 0 Å². The number of aliphatic hydroxyl groups is 1. The summed E-state index contributed by atoms with van der Waals surface area (Å²) in [5, 5.41) is 10.1. The lowest BCUT2D eigenvalue weighted by atomic mass is 9.95. The van der Waals surface area contributed by atoms with Gasteiger partial charge in [0.05, 0.1) is 30.2 Å². The van der Waals surface area contributed by atoms with Crippen molar-refractivity contribution in [3.05, 3.63) is 88.6 Å². The molecule has 2 aromatic rings. The molecule has 1 aliphatic carbocycles. The average Bonchev–Trinajstić information content (AvgIpc) is 2.97. The molecule has 232 valence electrons. The molecule has 43 heavy (non-hydrogen) atoms. The van der Waals surface area contributed by atoms with E-state index in [0.29, 0.717) is 50.2 Å². The van der Waals surface area contributed by atoms with E-state index < -0.39 is 27.8 Å². The smallest absolute Gasteiger partial charge is 0.378 e. The predicted molar refractivity (Wildman–Crippen MR) is 160 cm³/mol. The highest BCUT2D eigenvalue weighted by atomic mass is 32.2. The number of thiocarbonyl (C=S) groups is 1. The quantitative estimate of drug-likeness (QED) is 0.348. The van der Waals surface area contributed by atoms with Crippen molar-refractivity contribution >= 4 is 32.8 Å². The number of alkyl halides is 3. The number of halogens is 4. The molecule has 7 nitrogen and oxygen atoms in total. The van der Waals surface area contributed by atoms with Crippen molar-refractivity contribution in [2.45, 2.75) is 37.2 Å². The van der Waals surface area contributed by atoms with Crippen molar-refractivity contribution in [2.24, 2.45) is 0 Å². The van der Waals surface area contributed by atoms with Crippen molar-refractivity contribution in [3.63, 3.8) is 0 Å². The maximum absolute atomic E-state index is 13.7. The number of hydrogen-bond acceptors (Lipinski definition) is 7. The van der Waals surface area contributed by atoms with Gasteiger partial charge in [0.1, 0.15) is 5.82 Å². The van der Waals surface area contributed by atoms with Gasteiger partial charge in [-0.1, -0.05) is 48.6 Å². The molecule has 2 fully saturated rings. The molecule has 13 heteroatoms. The number of nitrogens with zero attached hydrogens (tertiary/aromatic N) is 3.